The molecule has 0 aromatic carbocycles. The predicted molar refractivity (Wildman–Crippen MR) is 88.3 cm³/mol. The third kappa shape index (κ3) is 4.34. The van der Waals surface area contributed by atoms with Crippen LogP contribution in [0.15, 0.2) is 23.2 Å². The molecule has 5 nitrogen and oxygen atoms in total. The highest BCUT2D eigenvalue weighted by atomic mass is 32.2. The van der Waals surface area contributed by atoms with Crippen LogP contribution in [-0.4, -0.2) is 37.5 Å². The number of pyridine rings is 1. The molecular formula is C14H23N3O2S2. The molecule has 0 atom stereocenters. The molecule has 0 bridgehead atoms. The molecule has 1 aliphatic carbocycles. The highest BCUT2D eigenvalue weighted by molar-refractivity contribution is 7.99. The maximum absolute atomic E-state index is 12.6. The fourth-order valence-corrected chi connectivity index (χ4v) is 4.79. The van der Waals surface area contributed by atoms with Crippen LogP contribution in [-0.2, 0) is 10.0 Å². The Morgan fingerprint density at radius 3 is 2.67 bits per heavy atom. The number of thioether (sulfide) groups is 1. The van der Waals surface area contributed by atoms with Crippen LogP contribution in [0.5, 0.6) is 0 Å². The zero-order valence-corrected chi connectivity index (χ0v) is 14.1. The summed E-state index contributed by atoms with van der Waals surface area (Å²) >= 11 is 1.87. The molecule has 1 aromatic heterocycles. The van der Waals surface area contributed by atoms with Crippen LogP contribution in [0.3, 0.4) is 0 Å². The summed E-state index contributed by atoms with van der Waals surface area (Å²) in [6.45, 7) is 2.56. The summed E-state index contributed by atoms with van der Waals surface area (Å²) in [6.07, 6.45) is 7.67. The molecule has 0 spiro atoms. The Hall–Kier alpha value is -0.790. The monoisotopic (exact) mass is 329 g/mol. The van der Waals surface area contributed by atoms with Crippen molar-refractivity contribution >= 4 is 27.6 Å². The Labute approximate surface area is 131 Å². The van der Waals surface area contributed by atoms with Crippen LogP contribution in [0.4, 0.5) is 5.82 Å². The first-order valence-corrected chi connectivity index (χ1v) is 10.1. The number of sulfonamides is 1. The SMILES string of the molecule is CCNc1ncccc1S(=O)(=O)NC1CCC(SC)CC1. The molecule has 1 saturated carbocycles. The van der Waals surface area contributed by atoms with Gasteiger partial charge in [-0.3, -0.25) is 0 Å². The van der Waals surface area contributed by atoms with Crippen molar-refractivity contribution in [2.24, 2.45) is 0 Å². The van der Waals surface area contributed by atoms with E-state index in [4.69, 9.17) is 0 Å². The largest absolute Gasteiger partial charge is 0.369 e. The normalized spacial score (nSPS) is 23.0. The van der Waals surface area contributed by atoms with E-state index >= 15 is 0 Å². The third-order valence-electron chi connectivity index (χ3n) is 3.73. The molecule has 0 radical (unpaired) electrons. The van der Waals surface area contributed by atoms with Crippen LogP contribution in [0.25, 0.3) is 0 Å². The second-order valence-corrected chi connectivity index (χ2v) is 8.03. The number of aromatic nitrogens is 1. The maximum Gasteiger partial charge on any atom is 0.244 e. The molecule has 2 rings (SSSR count). The van der Waals surface area contributed by atoms with Gasteiger partial charge in [0.2, 0.25) is 10.0 Å². The Morgan fingerprint density at radius 1 is 1.33 bits per heavy atom. The predicted octanol–water partition coefficient (Wildman–Crippen LogP) is 2.47. The van der Waals surface area contributed by atoms with E-state index in [1.165, 1.54) is 0 Å². The summed E-state index contributed by atoms with van der Waals surface area (Å²) < 4.78 is 27.9. The highest BCUT2D eigenvalue weighted by Crippen LogP contribution is 2.28. The van der Waals surface area contributed by atoms with Crippen molar-refractivity contribution < 1.29 is 8.42 Å². The number of nitrogens with one attached hydrogen (secondary N) is 2. The standard InChI is InChI=1S/C14H23N3O2S2/c1-3-15-14-13(5-4-10-16-14)21(18,19)17-11-6-8-12(20-2)9-7-11/h4-5,10-12,17H,3,6-9H2,1-2H3,(H,15,16). The van der Waals surface area contributed by atoms with Gasteiger partial charge in [-0.1, -0.05) is 0 Å². The zero-order valence-electron chi connectivity index (χ0n) is 12.5. The van der Waals surface area contributed by atoms with Gasteiger partial charge in [0.1, 0.15) is 10.7 Å². The summed E-state index contributed by atoms with van der Waals surface area (Å²) in [5.41, 5.74) is 0. The molecule has 2 N–H and O–H groups in total. The van der Waals surface area contributed by atoms with Gasteiger partial charge in [0.15, 0.2) is 0 Å². The molecule has 1 fully saturated rings. The van der Waals surface area contributed by atoms with E-state index in [2.05, 4.69) is 21.3 Å². The van der Waals surface area contributed by atoms with Crippen molar-refractivity contribution in [3.8, 4) is 0 Å². The van der Waals surface area contributed by atoms with E-state index < -0.39 is 10.0 Å². The molecule has 1 aromatic rings. The third-order valence-corrected chi connectivity index (χ3v) is 6.42. The minimum absolute atomic E-state index is 0.0353. The second-order valence-electron chi connectivity index (χ2n) is 5.21. The molecule has 0 aliphatic heterocycles. The van der Waals surface area contributed by atoms with Gasteiger partial charge >= 0.3 is 0 Å². The van der Waals surface area contributed by atoms with E-state index in [1.54, 1.807) is 18.3 Å². The first kappa shape index (κ1) is 16.6. The van der Waals surface area contributed by atoms with E-state index in [1.807, 2.05) is 18.7 Å². The second kappa shape index (κ2) is 7.47. The van der Waals surface area contributed by atoms with Gasteiger partial charge in [-0.2, -0.15) is 11.8 Å². The number of rotatable bonds is 6. The van der Waals surface area contributed by atoms with Crippen LogP contribution in [0.2, 0.25) is 0 Å². The van der Waals surface area contributed by atoms with Crippen molar-refractivity contribution in [3.05, 3.63) is 18.3 Å². The lowest BCUT2D eigenvalue weighted by atomic mass is 9.96. The van der Waals surface area contributed by atoms with E-state index in [9.17, 15) is 8.42 Å². The minimum atomic E-state index is -3.52. The van der Waals surface area contributed by atoms with Gasteiger partial charge in [-0.25, -0.2) is 18.1 Å². The van der Waals surface area contributed by atoms with Gasteiger partial charge in [-0.15, -0.1) is 0 Å². The lowest BCUT2D eigenvalue weighted by Crippen LogP contribution is -2.38. The molecule has 21 heavy (non-hydrogen) atoms. The van der Waals surface area contributed by atoms with Crippen LogP contribution < -0.4 is 10.0 Å². The molecule has 0 saturated heterocycles. The summed E-state index contributed by atoms with van der Waals surface area (Å²) in [5.74, 6) is 0.422. The molecule has 118 valence electrons. The van der Waals surface area contributed by atoms with Crippen molar-refractivity contribution in [1.82, 2.24) is 9.71 Å². The molecule has 1 heterocycles. The summed E-state index contributed by atoms with van der Waals surface area (Å²) in [6, 6.07) is 3.29. The number of hydrogen-bond donors (Lipinski definition) is 2. The maximum atomic E-state index is 12.6. The molecule has 7 heteroatoms. The van der Waals surface area contributed by atoms with Crippen LogP contribution >= 0.6 is 11.8 Å². The van der Waals surface area contributed by atoms with Gasteiger partial charge in [0.05, 0.1) is 0 Å². The Balaban J connectivity index is 2.09. The minimum Gasteiger partial charge on any atom is -0.369 e. The van der Waals surface area contributed by atoms with Crippen molar-refractivity contribution in [2.75, 3.05) is 18.1 Å². The highest BCUT2D eigenvalue weighted by Gasteiger charge is 2.27. The zero-order chi connectivity index (χ0) is 15.3. The average molecular weight is 329 g/mol. The first-order valence-electron chi connectivity index (χ1n) is 7.31. The smallest absolute Gasteiger partial charge is 0.244 e. The molecule has 0 unspecified atom stereocenters. The van der Waals surface area contributed by atoms with Crippen molar-refractivity contribution in [3.63, 3.8) is 0 Å². The fraction of sp³-hybridized carbons (Fsp3) is 0.643. The van der Waals surface area contributed by atoms with Gasteiger partial charge in [-0.05, 0) is 51.0 Å². The summed E-state index contributed by atoms with van der Waals surface area (Å²) in [5, 5.41) is 3.67. The quantitative estimate of drug-likeness (QED) is 0.839. The number of anilines is 1. The Morgan fingerprint density at radius 2 is 2.05 bits per heavy atom. The van der Waals surface area contributed by atoms with Crippen LogP contribution in [0, 0.1) is 0 Å². The van der Waals surface area contributed by atoms with Gasteiger partial charge in [0.25, 0.3) is 0 Å². The fourth-order valence-electron chi connectivity index (χ4n) is 2.61. The first-order chi connectivity index (χ1) is 10.1. The lowest BCUT2D eigenvalue weighted by Gasteiger charge is -2.28. The van der Waals surface area contributed by atoms with E-state index in [-0.39, 0.29) is 10.9 Å². The molecule has 1 aliphatic rings. The molecule has 0 amide bonds. The average Bonchev–Trinajstić information content (AvgIpc) is 2.48. The summed E-state index contributed by atoms with van der Waals surface area (Å²) in [7, 11) is -3.52. The summed E-state index contributed by atoms with van der Waals surface area (Å²) in [4.78, 5) is 4.35. The van der Waals surface area contributed by atoms with E-state index in [0.29, 0.717) is 17.6 Å². The van der Waals surface area contributed by atoms with E-state index in [0.717, 1.165) is 25.7 Å². The van der Waals surface area contributed by atoms with Crippen molar-refractivity contribution in [2.45, 2.75) is 48.8 Å². The topological polar surface area (TPSA) is 71.1 Å². The van der Waals surface area contributed by atoms with Crippen molar-refractivity contribution in [1.29, 1.82) is 0 Å². The van der Waals surface area contributed by atoms with Gasteiger partial charge < -0.3 is 5.32 Å². The number of hydrogen-bond acceptors (Lipinski definition) is 5. The van der Waals surface area contributed by atoms with Crippen LogP contribution in [0.1, 0.15) is 32.6 Å². The lowest BCUT2D eigenvalue weighted by molar-refractivity contribution is 0.420. The Bertz CT molecular complexity index is 555. The molecular weight excluding hydrogens is 306 g/mol. The number of nitrogens with zero attached hydrogens (tertiary/aromatic N) is 1. The van der Waals surface area contributed by atoms with Gasteiger partial charge in [0, 0.05) is 24.0 Å². The Kier molecular flexibility index (Phi) is 5.89.